The summed E-state index contributed by atoms with van der Waals surface area (Å²) in [6, 6.07) is 14.6. The van der Waals surface area contributed by atoms with E-state index >= 15 is 4.79 Å². The van der Waals surface area contributed by atoms with Crippen molar-refractivity contribution in [1.82, 2.24) is 55.7 Å². The van der Waals surface area contributed by atoms with E-state index in [-0.39, 0.29) is 57.9 Å². The third-order valence-corrected chi connectivity index (χ3v) is 19.9. The highest BCUT2D eigenvalue weighted by Gasteiger charge is 2.48. The number of Topliss-reactive ketones (excluding diaryl/α,β-unsaturated/α-hetero) is 1. The number of hydrogen-bond acceptors (Lipinski definition) is 24. The van der Waals surface area contributed by atoms with Crippen molar-refractivity contribution in [3.05, 3.63) is 147 Å². The van der Waals surface area contributed by atoms with Gasteiger partial charge in [-0.1, -0.05) is 49.4 Å². The van der Waals surface area contributed by atoms with Gasteiger partial charge in [0.15, 0.2) is 5.78 Å². The third-order valence-electron chi connectivity index (χ3n) is 14.4. The number of carbonyl (C=O) groups excluding carboxylic acids is 7. The van der Waals surface area contributed by atoms with Gasteiger partial charge in [-0.2, -0.15) is 0 Å². The number of aryl methyl sites for hydroxylation is 1. The number of primary amides is 2. The van der Waals surface area contributed by atoms with E-state index in [4.69, 9.17) is 36.1 Å². The van der Waals surface area contributed by atoms with Gasteiger partial charge in [0.2, 0.25) is 11.8 Å². The van der Waals surface area contributed by atoms with E-state index in [1.165, 1.54) is 55.8 Å². The maximum Gasteiger partial charge on any atom is 0.407 e. The van der Waals surface area contributed by atoms with Crippen molar-refractivity contribution < 1.29 is 58.4 Å². The SMILES string of the molecule is Cc1sc2nc1C(=O)C[C@@H]([C@H](O)c1ccccc1)c1nc(cs1)C(=O)N[C@@H](Cc1ccc(O)cc1)C(=O)N1C[C@H](OC(=O)NCC(=O)O)[C@H](C)[C@H]1c1nc(cs1)-c1nc(cs1)-c1nc(-c3nc(C(N)=O)cs3)ccc1-c1nc(cs1)C(=O)N[C@H]2CC(N)=O. The molecule has 2 aliphatic heterocycles. The Morgan fingerprint density at radius 3 is 2.09 bits per heavy atom. The fraction of sp³-hybridized carbons (Fsp3) is 0.246. The van der Waals surface area contributed by atoms with E-state index in [1.807, 2.05) is 0 Å². The first-order chi connectivity index (χ1) is 42.2. The first-order valence-electron chi connectivity index (χ1n) is 26.7. The predicted octanol–water partition coefficient (Wildman–Crippen LogP) is 7.09. The minimum atomic E-state index is -1.36. The summed E-state index contributed by atoms with van der Waals surface area (Å²) in [6.45, 7) is 2.42. The van der Waals surface area contributed by atoms with Crippen molar-refractivity contribution in [3.8, 4) is 49.1 Å². The zero-order valence-electron chi connectivity index (χ0n) is 46.0. The minimum Gasteiger partial charge on any atom is -0.508 e. The summed E-state index contributed by atoms with van der Waals surface area (Å²) in [7, 11) is 0. The Bertz CT molecular complexity index is 4180. The number of alkyl carbamates (subject to hydrolysis) is 1. The smallest absolute Gasteiger partial charge is 0.407 e. The number of ether oxygens (including phenoxy) is 1. The van der Waals surface area contributed by atoms with E-state index in [1.54, 1.807) is 79.2 Å². The van der Waals surface area contributed by atoms with Crippen LogP contribution in [0, 0.1) is 12.8 Å². The largest absolute Gasteiger partial charge is 0.508 e. The Hall–Kier alpha value is -9.11. The lowest BCUT2D eigenvalue weighted by Crippen LogP contribution is -2.50. The summed E-state index contributed by atoms with van der Waals surface area (Å²) < 4.78 is 5.80. The van der Waals surface area contributed by atoms with E-state index in [9.17, 15) is 48.9 Å². The number of benzene rings is 2. The van der Waals surface area contributed by atoms with Gasteiger partial charge < -0.3 is 52.4 Å². The van der Waals surface area contributed by atoms with Crippen LogP contribution in [-0.2, 0) is 25.5 Å². The molecule has 6 amide bonds. The van der Waals surface area contributed by atoms with E-state index in [0.29, 0.717) is 64.4 Å². The summed E-state index contributed by atoms with van der Waals surface area (Å²) >= 11 is 6.73. The highest BCUT2D eigenvalue weighted by atomic mass is 32.1. The van der Waals surface area contributed by atoms with Gasteiger partial charge in [0.25, 0.3) is 17.7 Å². The number of aromatic hydroxyl groups is 1. The fourth-order valence-corrected chi connectivity index (χ4v) is 15.4. The average Bonchev–Trinajstić information content (AvgIpc) is 2.19. The van der Waals surface area contributed by atoms with Crippen LogP contribution in [0.2, 0.25) is 0 Å². The van der Waals surface area contributed by atoms with Crippen molar-refractivity contribution in [2.75, 3.05) is 13.1 Å². The monoisotopic (exact) mass is 1300 g/mol. The van der Waals surface area contributed by atoms with Crippen LogP contribution in [0.4, 0.5) is 4.79 Å². The molecule has 11 rings (SSSR count). The Kier molecular flexibility index (Phi) is 17.7. The van der Waals surface area contributed by atoms with Crippen molar-refractivity contribution in [3.63, 3.8) is 0 Å². The van der Waals surface area contributed by atoms with E-state index < -0.39 is 103 Å². The molecular formula is C57H49N13O12S6. The van der Waals surface area contributed by atoms with Crippen LogP contribution in [0.15, 0.2) is 93.6 Å². The molecule has 0 spiro atoms. The molecule has 10 N–H and O–H groups in total. The predicted molar refractivity (Wildman–Crippen MR) is 326 cm³/mol. The lowest BCUT2D eigenvalue weighted by molar-refractivity contribution is -0.136. The molecule has 1 fully saturated rings. The number of nitrogens with zero attached hydrogens (tertiary/aromatic N) is 8. The highest BCUT2D eigenvalue weighted by Crippen LogP contribution is 2.44. The number of carboxylic acids is 1. The Morgan fingerprint density at radius 2 is 1.36 bits per heavy atom. The van der Waals surface area contributed by atoms with Gasteiger partial charge in [-0.3, -0.25) is 33.6 Å². The first-order valence-corrected chi connectivity index (χ1v) is 31.9. The van der Waals surface area contributed by atoms with Crippen LogP contribution in [0.3, 0.4) is 0 Å². The number of thiazole rings is 6. The lowest BCUT2D eigenvalue weighted by atomic mass is 9.90. The first kappa shape index (κ1) is 60.6. The van der Waals surface area contributed by atoms with Gasteiger partial charge in [0.1, 0.15) is 89.3 Å². The zero-order chi connectivity index (χ0) is 62.1. The summed E-state index contributed by atoms with van der Waals surface area (Å²) in [5.74, 6) is -7.29. The molecule has 10 bridgehead atoms. The van der Waals surface area contributed by atoms with E-state index in [0.717, 1.165) is 45.3 Å². The number of rotatable bonds is 11. The molecule has 7 atom stereocenters. The van der Waals surface area contributed by atoms with Gasteiger partial charge >= 0.3 is 12.1 Å². The number of aliphatic hydroxyl groups is 1. The van der Waals surface area contributed by atoms with Crippen LogP contribution in [-0.4, -0.2) is 128 Å². The lowest BCUT2D eigenvalue weighted by Gasteiger charge is -2.29. The Labute approximate surface area is 522 Å². The molecule has 0 radical (unpaired) electrons. The molecule has 7 aromatic heterocycles. The number of phenols is 1. The number of carbonyl (C=O) groups is 8. The molecule has 0 saturated carbocycles. The molecule has 2 aromatic carbocycles. The second-order valence-corrected chi connectivity index (χ2v) is 25.9. The number of carboxylic acid groups (broad SMARTS) is 1. The van der Waals surface area contributed by atoms with Gasteiger partial charge in [-0.05, 0) is 42.3 Å². The summed E-state index contributed by atoms with van der Waals surface area (Å²) in [4.78, 5) is 144. The van der Waals surface area contributed by atoms with Crippen LogP contribution < -0.4 is 27.4 Å². The molecule has 2 aliphatic rings. The second kappa shape index (κ2) is 25.7. The summed E-state index contributed by atoms with van der Waals surface area (Å²) in [5.41, 5.74) is 13.9. The molecule has 9 heterocycles. The van der Waals surface area contributed by atoms with Crippen molar-refractivity contribution in [2.45, 2.75) is 69.4 Å². The van der Waals surface area contributed by atoms with Crippen LogP contribution >= 0.6 is 68.0 Å². The molecule has 9 aromatic rings. The minimum absolute atomic E-state index is 0.00629. The van der Waals surface area contributed by atoms with Crippen molar-refractivity contribution in [1.29, 1.82) is 0 Å². The molecule has 0 aliphatic carbocycles. The standard InChI is InChI=1S/C57H49N13O12S6/c1-24-40(82-57(81)60-17-42(74)75)18-70-45(24)55-68-38(23-87-55)53-64-34(19-85-53)44-29(12-13-31(61-44)52-65-35(20-86-52)47(59)77)50-66-36(21-83-50)48(78)62-32(16-41(58)73)54-69-43(25(2)88-54)39(72)15-30(46(76)27-6-4-3-5-7-27)51-67-37(22-84-51)49(79)63-33(56(70)80)14-26-8-10-28(71)11-9-26/h3-13,19-24,30,32-33,40,45-46,71,76H,14-18H2,1-2H3,(H2,58,73)(H2,59,77)(H,60,81)(H,62,78)(H,63,79)(H,74,75)/t24-,30-,32-,33-,40-,45-,46+/m0/s1. The molecule has 25 nitrogen and oxygen atoms in total. The number of amides is 6. The van der Waals surface area contributed by atoms with Crippen LogP contribution in [0.1, 0.15) is 117 Å². The Balaban J connectivity index is 1.03. The maximum atomic E-state index is 15.5. The maximum absolute atomic E-state index is 15.5. The normalized spacial score (nSPS) is 19.2. The van der Waals surface area contributed by atoms with Gasteiger partial charge in [0, 0.05) is 62.0 Å². The third kappa shape index (κ3) is 13.1. The number of aromatic nitrogens is 7. The number of aliphatic hydroxyl groups excluding tert-OH is 1. The number of phenolic OH excluding ortho intramolecular Hbond substituents is 1. The number of ketones is 1. The topological polar surface area (TPSA) is 388 Å². The number of fused-ring (bicyclic) bond motifs is 16. The quantitative estimate of drug-likeness (QED) is 0.0640. The highest BCUT2D eigenvalue weighted by molar-refractivity contribution is 7.15. The molecule has 88 heavy (non-hydrogen) atoms. The molecule has 450 valence electrons. The summed E-state index contributed by atoms with van der Waals surface area (Å²) in [6.07, 6.45) is -4.32. The van der Waals surface area contributed by atoms with E-state index in [2.05, 4.69) is 30.9 Å². The van der Waals surface area contributed by atoms with Crippen molar-refractivity contribution in [2.24, 2.45) is 17.4 Å². The molecular weight excluding hydrogens is 1250 g/mol. The second-order valence-electron chi connectivity index (χ2n) is 20.3. The average molecular weight is 1300 g/mol. The number of aliphatic carboxylic acids is 1. The molecule has 1 saturated heterocycles. The Morgan fingerprint density at radius 1 is 0.716 bits per heavy atom. The van der Waals surface area contributed by atoms with Crippen LogP contribution in [0.25, 0.3) is 43.4 Å². The van der Waals surface area contributed by atoms with Gasteiger partial charge in [0.05, 0.1) is 41.9 Å². The fourth-order valence-electron chi connectivity index (χ4n) is 10.0. The van der Waals surface area contributed by atoms with Crippen molar-refractivity contribution >= 4 is 115 Å². The number of pyridine rings is 1. The van der Waals surface area contributed by atoms with Gasteiger partial charge in [-0.15, -0.1) is 68.0 Å². The number of hydrogen-bond donors (Lipinski definition) is 8. The number of nitrogens with one attached hydrogen (secondary N) is 3. The van der Waals surface area contributed by atoms with Gasteiger partial charge in [-0.25, -0.2) is 39.7 Å². The molecule has 31 heteroatoms. The van der Waals surface area contributed by atoms with Crippen LogP contribution in [0.5, 0.6) is 5.75 Å². The number of nitrogens with two attached hydrogens (primary N) is 2. The molecule has 0 unspecified atom stereocenters. The zero-order valence-corrected chi connectivity index (χ0v) is 50.9. The summed E-state index contributed by atoms with van der Waals surface area (Å²) in [5, 5.41) is 49.3.